The number of aliphatic hydroxyl groups is 1. The molecular formula is C16H33KO4S. The van der Waals surface area contributed by atoms with Crippen LogP contribution in [0.15, 0.2) is 0 Å². The standard InChI is InChI=1S/C16H34O4S.K/c1-3-5-7-8-9-11-15(17)12-10-14-16(13-6-4-2)21(18,19)20;/h15-17H,3-14H2,1-2H3,(H,18,19,20);/q;+1/p-1. The molecule has 0 saturated heterocycles. The maximum absolute atomic E-state index is 11.2. The molecule has 0 saturated carbocycles. The molecule has 0 aliphatic heterocycles. The van der Waals surface area contributed by atoms with Crippen molar-refractivity contribution in [2.45, 2.75) is 102 Å². The van der Waals surface area contributed by atoms with Crippen LogP contribution in [0.2, 0.25) is 0 Å². The van der Waals surface area contributed by atoms with Crippen LogP contribution >= 0.6 is 0 Å². The maximum Gasteiger partial charge on any atom is 1.00 e. The Morgan fingerprint density at radius 2 is 1.32 bits per heavy atom. The van der Waals surface area contributed by atoms with E-state index < -0.39 is 15.4 Å². The average Bonchev–Trinajstić information content (AvgIpc) is 2.41. The fraction of sp³-hybridized carbons (Fsp3) is 1.00. The van der Waals surface area contributed by atoms with Crippen molar-refractivity contribution >= 4 is 10.1 Å². The summed E-state index contributed by atoms with van der Waals surface area (Å²) < 4.78 is 33.5. The summed E-state index contributed by atoms with van der Waals surface area (Å²) in [4.78, 5) is 0. The fourth-order valence-corrected chi connectivity index (χ4v) is 3.48. The van der Waals surface area contributed by atoms with Gasteiger partial charge in [0.1, 0.15) is 0 Å². The van der Waals surface area contributed by atoms with Gasteiger partial charge in [-0.1, -0.05) is 58.8 Å². The van der Waals surface area contributed by atoms with Crippen LogP contribution in [0.1, 0.15) is 90.9 Å². The first-order valence-corrected chi connectivity index (χ1v) is 10.0. The van der Waals surface area contributed by atoms with E-state index in [0.717, 1.165) is 32.1 Å². The molecule has 128 valence electrons. The summed E-state index contributed by atoms with van der Waals surface area (Å²) in [7, 11) is -4.19. The van der Waals surface area contributed by atoms with E-state index in [1.807, 2.05) is 6.92 Å². The van der Waals surface area contributed by atoms with Crippen molar-refractivity contribution in [1.82, 2.24) is 0 Å². The Kier molecular flexibility index (Phi) is 18.7. The number of unbranched alkanes of at least 4 members (excludes halogenated alkanes) is 5. The monoisotopic (exact) mass is 360 g/mol. The molecule has 1 N–H and O–H groups in total. The van der Waals surface area contributed by atoms with Crippen molar-refractivity contribution < 1.29 is 69.5 Å². The van der Waals surface area contributed by atoms with Gasteiger partial charge in [0.15, 0.2) is 0 Å². The molecule has 4 nitrogen and oxygen atoms in total. The second-order valence-corrected chi connectivity index (χ2v) is 7.70. The zero-order chi connectivity index (χ0) is 16.1. The first kappa shape index (κ1) is 25.7. The molecule has 0 spiro atoms. The largest absolute Gasteiger partial charge is 1.00 e. The van der Waals surface area contributed by atoms with E-state index in [2.05, 4.69) is 6.92 Å². The second-order valence-electron chi connectivity index (χ2n) is 6.04. The third-order valence-electron chi connectivity index (χ3n) is 3.99. The van der Waals surface area contributed by atoms with Crippen LogP contribution in [0.3, 0.4) is 0 Å². The van der Waals surface area contributed by atoms with E-state index in [0.29, 0.717) is 25.7 Å². The number of aliphatic hydroxyl groups excluding tert-OH is 1. The van der Waals surface area contributed by atoms with Crippen molar-refractivity contribution in [3.05, 3.63) is 0 Å². The quantitative estimate of drug-likeness (QED) is 0.285. The maximum atomic E-state index is 11.2. The molecule has 0 amide bonds. The van der Waals surface area contributed by atoms with Gasteiger partial charge in [-0.15, -0.1) is 0 Å². The third-order valence-corrected chi connectivity index (χ3v) is 5.28. The van der Waals surface area contributed by atoms with E-state index in [1.165, 1.54) is 19.3 Å². The molecule has 0 rings (SSSR count). The van der Waals surface area contributed by atoms with Crippen molar-refractivity contribution in [3.8, 4) is 0 Å². The minimum atomic E-state index is -4.19. The van der Waals surface area contributed by atoms with E-state index in [4.69, 9.17) is 0 Å². The van der Waals surface area contributed by atoms with Crippen LogP contribution in [-0.2, 0) is 10.1 Å². The normalized spacial score (nSPS) is 14.4. The molecular weight excluding hydrogens is 327 g/mol. The van der Waals surface area contributed by atoms with Crippen molar-refractivity contribution in [2.24, 2.45) is 0 Å². The predicted octanol–water partition coefficient (Wildman–Crippen LogP) is 0.986. The predicted molar refractivity (Wildman–Crippen MR) is 86.2 cm³/mol. The van der Waals surface area contributed by atoms with E-state index >= 15 is 0 Å². The minimum absolute atomic E-state index is 0. The van der Waals surface area contributed by atoms with Gasteiger partial charge in [-0.2, -0.15) is 0 Å². The van der Waals surface area contributed by atoms with Gasteiger partial charge in [0.25, 0.3) is 0 Å². The average molecular weight is 361 g/mol. The summed E-state index contributed by atoms with van der Waals surface area (Å²) >= 11 is 0. The van der Waals surface area contributed by atoms with Crippen LogP contribution in [0, 0.1) is 0 Å². The molecule has 0 aromatic carbocycles. The molecule has 0 bridgehead atoms. The first-order valence-electron chi connectivity index (χ1n) is 8.54. The van der Waals surface area contributed by atoms with Crippen molar-refractivity contribution in [3.63, 3.8) is 0 Å². The van der Waals surface area contributed by atoms with Gasteiger partial charge in [0.2, 0.25) is 0 Å². The summed E-state index contributed by atoms with van der Waals surface area (Å²) in [6.45, 7) is 4.16. The summed E-state index contributed by atoms with van der Waals surface area (Å²) in [5, 5.41) is 9.10. The van der Waals surface area contributed by atoms with Gasteiger partial charge in [0.05, 0.1) is 16.2 Å². The smallest absolute Gasteiger partial charge is 0.748 e. The first-order chi connectivity index (χ1) is 9.91. The zero-order valence-corrected chi connectivity index (χ0v) is 18.7. The van der Waals surface area contributed by atoms with E-state index in [9.17, 15) is 18.1 Å². The Morgan fingerprint density at radius 1 is 0.818 bits per heavy atom. The van der Waals surface area contributed by atoms with Gasteiger partial charge in [0, 0.05) is 5.25 Å². The number of rotatable bonds is 14. The van der Waals surface area contributed by atoms with Crippen molar-refractivity contribution in [2.75, 3.05) is 0 Å². The molecule has 0 aromatic rings. The van der Waals surface area contributed by atoms with Gasteiger partial charge in [-0.25, -0.2) is 8.42 Å². The molecule has 2 unspecified atom stereocenters. The molecule has 0 radical (unpaired) electrons. The van der Waals surface area contributed by atoms with E-state index in [1.54, 1.807) is 0 Å². The summed E-state index contributed by atoms with van der Waals surface area (Å²) in [6.07, 6.45) is 10.0. The second kappa shape index (κ2) is 16.0. The topological polar surface area (TPSA) is 77.4 Å². The van der Waals surface area contributed by atoms with Crippen LogP contribution in [0.25, 0.3) is 0 Å². The minimum Gasteiger partial charge on any atom is -0.748 e. The van der Waals surface area contributed by atoms with Crippen LogP contribution in [0.5, 0.6) is 0 Å². The summed E-state index contributed by atoms with van der Waals surface area (Å²) in [6, 6.07) is 0. The molecule has 0 fully saturated rings. The molecule has 0 aliphatic carbocycles. The molecule has 0 aromatic heterocycles. The van der Waals surface area contributed by atoms with E-state index in [-0.39, 0.29) is 57.5 Å². The van der Waals surface area contributed by atoms with Crippen molar-refractivity contribution in [1.29, 1.82) is 0 Å². The molecule has 22 heavy (non-hydrogen) atoms. The Bertz CT molecular complexity index is 333. The molecule has 0 heterocycles. The number of hydrogen-bond acceptors (Lipinski definition) is 4. The van der Waals surface area contributed by atoms with Gasteiger partial charge in [-0.3, -0.25) is 0 Å². The third kappa shape index (κ3) is 15.1. The summed E-state index contributed by atoms with van der Waals surface area (Å²) in [5.74, 6) is 0. The van der Waals surface area contributed by atoms with Crippen LogP contribution in [0.4, 0.5) is 0 Å². The zero-order valence-electron chi connectivity index (χ0n) is 14.7. The Balaban J connectivity index is 0. The fourth-order valence-electron chi connectivity index (χ4n) is 2.57. The Morgan fingerprint density at radius 3 is 1.86 bits per heavy atom. The Hall–Kier alpha value is 1.51. The molecule has 6 heteroatoms. The Labute approximate surface area is 180 Å². The van der Waals surface area contributed by atoms with Gasteiger partial charge in [-0.05, 0) is 32.1 Å². The van der Waals surface area contributed by atoms with Crippen LogP contribution < -0.4 is 51.4 Å². The molecule has 0 aliphatic rings. The van der Waals surface area contributed by atoms with Gasteiger partial charge < -0.3 is 9.66 Å². The summed E-state index contributed by atoms with van der Waals surface area (Å²) in [5.41, 5.74) is 0. The van der Waals surface area contributed by atoms with Gasteiger partial charge >= 0.3 is 51.4 Å². The number of hydrogen-bond donors (Lipinski definition) is 1. The SMILES string of the molecule is CCCCCCCC(O)CCCC(CCCC)S(=O)(=O)[O-].[K+]. The molecule has 2 atom stereocenters. The van der Waals surface area contributed by atoms with Crippen LogP contribution in [-0.4, -0.2) is 29.4 Å².